The number of ether oxygens (including phenoxy) is 1. The van der Waals surface area contributed by atoms with E-state index in [-0.39, 0.29) is 17.6 Å². The highest BCUT2D eigenvalue weighted by Gasteiger charge is 2.53. The van der Waals surface area contributed by atoms with Crippen LogP contribution in [0.15, 0.2) is 0 Å². The van der Waals surface area contributed by atoms with Crippen molar-refractivity contribution in [2.24, 2.45) is 5.92 Å². The van der Waals surface area contributed by atoms with Crippen molar-refractivity contribution in [3.8, 4) is 0 Å². The first-order valence-corrected chi connectivity index (χ1v) is 8.35. The Morgan fingerprint density at radius 3 is 2.29 bits per heavy atom. The smallest absolute Gasteiger partial charge is 0.327 e. The van der Waals surface area contributed by atoms with E-state index in [0.717, 1.165) is 19.3 Å². The third kappa shape index (κ3) is 4.43. The third-order valence-electron chi connectivity index (χ3n) is 4.85. The summed E-state index contributed by atoms with van der Waals surface area (Å²) in [6, 6.07) is 0.258. The molecule has 1 fully saturated rings. The number of rotatable bonds is 9. The molecule has 1 atom stereocenters. The number of nitrogens with zero attached hydrogens (tertiary/aromatic N) is 1. The first-order chi connectivity index (χ1) is 9.69. The molecule has 1 unspecified atom stereocenters. The lowest BCUT2D eigenvalue weighted by molar-refractivity contribution is -0.154. The molecule has 21 heavy (non-hydrogen) atoms. The molecule has 0 spiro atoms. The second-order valence-corrected chi connectivity index (χ2v) is 7.29. The summed E-state index contributed by atoms with van der Waals surface area (Å²) >= 11 is 0. The Labute approximate surface area is 130 Å². The molecule has 124 valence electrons. The lowest BCUT2D eigenvalue weighted by Gasteiger charge is -2.43. The van der Waals surface area contributed by atoms with Gasteiger partial charge in [0.2, 0.25) is 0 Å². The predicted molar refractivity (Wildman–Crippen MR) is 87.4 cm³/mol. The topological polar surface area (TPSA) is 41.6 Å². The average Bonchev–Trinajstić information content (AvgIpc) is 3.21. The number of carbonyl (C=O) groups excluding carboxylic acids is 1. The zero-order valence-electron chi connectivity index (χ0n) is 15.0. The van der Waals surface area contributed by atoms with Crippen molar-refractivity contribution in [3.05, 3.63) is 0 Å². The number of likely N-dealkylation sites (N-methyl/N-ethyl adjacent to an activating group) is 1. The minimum Gasteiger partial charge on any atom is -0.465 e. The van der Waals surface area contributed by atoms with E-state index in [0.29, 0.717) is 19.1 Å². The van der Waals surface area contributed by atoms with Gasteiger partial charge in [-0.15, -0.1) is 0 Å². The molecule has 1 aliphatic carbocycles. The summed E-state index contributed by atoms with van der Waals surface area (Å²) in [4.78, 5) is 15.0. The van der Waals surface area contributed by atoms with Gasteiger partial charge >= 0.3 is 5.97 Å². The standard InChI is InChI=1S/C17H34N2O2/c1-8-16(5,6)19(7)12-17(14-10-11-14,18-13(3)4)15(20)21-9-2/h13-14,18H,8-12H2,1-7H3. The highest BCUT2D eigenvalue weighted by Crippen LogP contribution is 2.42. The number of hydrogen-bond acceptors (Lipinski definition) is 4. The van der Waals surface area contributed by atoms with E-state index in [2.05, 4.69) is 51.9 Å². The van der Waals surface area contributed by atoms with Gasteiger partial charge in [0.25, 0.3) is 0 Å². The van der Waals surface area contributed by atoms with Crippen LogP contribution in [0, 0.1) is 5.92 Å². The maximum atomic E-state index is 12.7. The Kier molecular flexibility index (Phi) is 6.23. The normalized spacial score (nSPS) is 18.9. The van der Waals surface area contributed by atoms with E-state index in [9.17, 15) is 4.79 Å². The molecule has 0 aromatic rings. The van der Waals surface area contributed by atoms with Gasteiger partial charge in [0.1, 0.15) is 5.54 Å². The van der Waals surface area contributed by atoms with Crippen molar-refractivity contribution in [2.45, 2.75) is 77.9 Å². The van der Waals surface area contributed by atoms with Gasteiger partial charge in [0, 0.05) is 18.1 Å². The minimum atomic E-state index is -0.564. The van der Waals surface area contributed by atoms with Gasteiger partial charge in [-0.05, 0) is 66.8 Å². The molecule has 0 saturated heterocycles. The lowest BCUT2D eigenvalue weighted by atomic mass is 9.88. The van der Waals surface area contributed by atoms with Crippen LogP contribution in [0.25, 0.3) is 0 Å². The quantitative estimate of drug-likeness (QED) is 0.665. The molecule has 0 aromatic carbocycles. The monoisotopic (exact) mass is 298 g/mol. The maximum absolute atomic E-state index is 12.7. The van der Waals surface area contributed by atoms with E-state index < -0.39 is 5.54 Å². The Morgan fingerprint density at radius 2 is 1.90 bits per heavy atom. The summed E-state index contributed by atoms with van der Waals surface area (Å²) in [7, 11) is 2.11. The number of nitrogens with one attached hydrogen (secondary N) is 1. The number of esters is 1. The van der Waals surface area contributed by atoms with Crippen LogP contribution in [0.4, 0.5) is 0 Å². The van der Waals surface area contributed by atoms with Crippen LogP contribution < -0.4 is 5.32 Å². The SMILES string of the molecule is CCOC(=O)C(CN(C)C(C)(C)CC)(NC(C)C)C1CC1. The van der Waals surface area contributed by atoms with Crippen LogP contribution in [-0.2, 0) is 9.53 Å². The van der Waals surface area contributed by atoms with Gasteiger partial charge in [-0.3, -0.25) is 10.2 Å². The van der Waals surface area contributed by atoms with Crippen LogP contribution in [0.1, 0.15) is 60.8 Å². The Hall–Kier alpha value is -0.610. The first kappa shape index (κ1) is 18.4. The van der Waals surface area contributed by atoms with Crippen LogP contribution in [-0.4, -0.2) is 48.2 Å². The Balaban J connectivity index is 3.02. The molecule has 0 heterocycles. The Bertz CT molecular complexity index is 351. The molecule has 1 N–H and O–H groups in total. The summed E-state index contributed by atoms with van der Waals surface area (Å²) in [5, 5.41) is 3.55. The van der Waals surface area contributed by atoms with Crippen LogP contribution in [0.3, 0.4) is 0 Å². The zero-order valence-corrected chi connectivity index (χ0v) is 15.0. The molecule has 0 aromatic heterocycles. The molecule has 0 bridgehead atoms. The van der Waals surface area contributed by atoms with E-state index >= 15 is 0 Å². The van der Waals surface area contributed by atoms with E-state index in [4.69, 9.17) is 4.74 Å². The van der Waals surface area contributed by atoms with Gasteiger partial charge < -0.3 is 4.74 Å². The fraction of sp³-hybridized carbons (Fsp3) is 0.941. The number of carbonyl (C=O) groups is 1. The summed E-state index contributed by atoms with van der Waals surface area (Å²) in [6.07, 6.45) is 3.27. The van der Waals surface area contributed by atoms with Crippen molar-refractivity contribution < 1.29 is 9.53 Å². The largest absolute Gasteiger partial charge is 0.465 e. The van der Waals surface area contributed by atoms with Gasteiger partial charge in [-0.1, -0.05) is 6.92 Å². The minimum absolute atomic E-state index is 0.0747. The van der Waals surface area contributed by atoms with Gasteiger partial charge in [-0.2, -0.15) is 0 Å². The molecule has 1 saturated carbocycles. The molecule has 4 nitrogen and oxygen atoms in total. The van der Waals surface area contributed by atoms with E-state index in [1.165, 1.54) is 0 Å². The van der Waals surface area contributed by atoms with Crippen molar-refractivity contribution >= 4 is 5.97 Å². The molecular formula is C17H34N2O2. The van der Waals surface area contributed by atoms with Crippen molar-refractivity contribution in [1.29, 1.82) is 0 Å². The van der Waals surface area contributed by atoms with Gasteiger partial charge in [0.05, 0.1) is 6.61 Å². The lowest BCUT2D eigenvalue weighted by Crippen LogP contribution is -2.64. The fourth-order valence-electron chi connectivity index (χ4n) is 2.79. The van der Waals surface area contributed by atoms with Gasteiger partial charge in [-0.25, -0.2) is 4.79 Å². The second-order valence-electron chi connectivity index (χ2n) is 7.29. The van der Waals surface area contributed by atoms with Crippen LogP contribution >= 0.6 is 0 Å². The molecule has 0 amide bonds. The summed E-state index contributed by atoms with van der Waals surface area (Å²) in [5.74, 6) is 0.314. The van der Waals surface area contributed by atoms with E-state index in [1.54, 1.807) is 0 Å². The van der Waals surface area contributed by atoms with E-state index in [1.807, 2.05) is 6.92 Å². The highest BCUT2D eigenvalue weighted by atomic mass is 16.5. The first-order valence-electron chi connectivity index (χ1n) is 8.35. The summed E-state index contributed by atoms with van der Waals surface area (Å²) < 4.78 is 5.43. The summed E-state index contributed by atoms with van der Waals surface area (Å²) in [6.45, 7) is 13.9. The second kappa shape index (κ2) is 7.10. The predicted octanol–water partition coefficient (Wildman–Crippen LogP) is 2.82. The van der Waals surface area contributed by atoms with Gasteiger partial charge in [0.15, 0.2) is 0 Å². The molecular weight excluding hydrogens is 264 g/mol. The molecule has 1 aliphatic rings. The third-order valence-corrected chi connectivity index (χ3v) is 4.85. The highest BCUT2D eigenvalue weighted by molar-refractivity contribution is 5.82. The maximum Gasteiger partial charge on any atom is 0.327 e. The zero-order chi connectivity index (χ0) is 16.3. The van der Waals surface area contributed by atoms with Crippen LogP contribution in [0.2, 0.25) is 0 Å². The molecule has 0 aliphatic heterocycles. The molecule has 0 radical (unpaired) electrons. The van der Waals surface area contributed by atoms with Crippen molar-refractivity contribution in [1.82, 2.24) is 10.2 Å². The summed E-state index contributed by atoms with van der Waals surface area (Å²) in [5.41, 5.74) is -0.489. The number of hydrogen-bond donors (Lipinski definition) is 1. The molecule has 1 rings (SSSR count). The Morgan fingerprint density at radius 1 is 1.33 bits per heavy atom. The fourth-order valence-corrected chi connectivity index (χ4v) is 2.79. The molecule has 4 heteroatoms. The van der Waals surface area contributed by atoms with Crippen molar-refractivity contribution in [2.75, 3.05) is 20.2 Å². The average molecular weight is 298 g/mol. The van der Waals surface area contributed by atoms with Crippen molar-refractivity contribution in [3.63, 3.8) is 0 Å². The van der Waals surface area contributed by atoms with Crippen LogP contribution in [0.5, 0.6) is 0 Å².